The summed E-state index contributed by atoms with van der Waals surface area (Å²) in [6.45, 7) is 5.52. The number of aromatic nitrogens is 2. The first kappa shape index (κ1) is 13.8. The molecule has 3 rings (SSSR count). The van der Waals surface area contributed by atoms with E-state index >= 15 is 0 Å². The molecule has 1 unspecified atom stereocenters. The molecule has 4 nitrogen and oxygen atoms in total. The lowest BCUT2D eigenvalue weighted by Crippen LogP contribution is -2.37. The minimum absolute atomic E-state index is 0.602. The molecule has 1 N–H and O–H groups in total. The van der Waals surface area contributed by atoms with Crippen LogP contribution in [0.5, 0.6) is 0 Å². The molecule has 0 bridgehead atoms. The van der Waals surface area contributed by atoms with Gasteiger partial charge in [-0.1, -0.05) is 11.3 Å². The highest BCUT2D eigenvalue weighted by atomic mass is 32.1. The van der Waals surface area contributed by atoms with Crippen LogP contribution in [0.1, 0.15) is 31.9 Å². The molecular formula is C14H20N4S2. The highest BCUT2D eigenvalue weighted by Gasteiger charge is 2.23. The molecule has 3 heterocycles. The second kappa shape index (κ2) is 5.69. The summed E-state index contributed by atoms with van der Waals surface area (Å²) in [6, 6.07) is 0.602. The van der Waals surface area contributed by atoms with Gasteiger partial charge < -0.3 is 10.2 Å². The third-order valence-electron chi connectivity index (χ3n) is 3.78. The maximum Gasteiger partial charge on any atom is 0.186 e. The summed E-state index contributed by atoms with van der Waals surface area (Å²) in [7, 11) is 1.91. The third kappa shape index (κ3) is 2.54. The minimum atomic E-state index is 0.602. The van der Waals surface area contributed by atoms with Crippen molar-refractivity contribution < 1.29 is 0 Å². The topological polar surface area (TPSA) is 41.1 Å². The van der Waals surface area contributed by atoms with Gasteiger partial charge in [0.2, 0.25) is 0 Å². The van der Waals surface area contributed by atoms with E-state index in [0.717, 1.165) is 28.2 Å². The molecule has 20 heavy (non-hydrogen) atoms. The van der Waals surface area contributed by atoms with E-state index in [-0.39, 0.29) is 0 Å². The Hall–Kier alpha value is -1.14. The number of hydrogen-bond donors (Lipinski definition) is 1. The molecule has 1 atom stereocenters. The predicted molar refractivity (Wildman–Crippen MR) is 88.2 cm³/mol. The number of anilines is 2. The summed E-state index contributed by atoms with van der Waals surface area (Å²) in [5, 5.41) is 7.32. The predicted octanol–water partition coefficient (Wildman–Crippen LogP) is 4.00. The molecule has 2 aromatic rings. The van der Waals surface area contributed by atoms with Gasteiger partial charge in [0.15, 0.2) is 10.3 Å². The van der Waals surface area contributed by atoms with Crippen LogP contribution in [0.25, 0.3) is 10.6 Å². The fraction of sp³-hybridized carbons (Fsp3) is 0.571. The van der Waals surface area contributed by atoms with Crippen molar-refractivity contribution in [2.24, 2.45) is 0 Å². The summed E-state index contributed by atoms with van der Waals surface area (Å²) in [4.78, 5) is 13.0. The first-order chi connectivity index (χ1) is 9.69. The highest BCUT2D eigenvalue weighted by Crippen LogP contribution is 2.37. The summed E-state index contributed by atoms with van der Waals surface area (Å²) >= 11 is 3.42. The average molecular weight is 308 g/mol. The van der Waals surface area contributed by atoms with Gasteiger partial charge in [0.05, 0.1) is 16.3 Å². The third-order valence-corrected chi connectivity index (χ3v) is 5.86. The van der Waals surface area contributed by atoms with E-state index in [9.17, 15) is 0 Å². The van der Waals surface area contributed by atoms with Crippen molar-refractivity contribution in [1.82, 2.24) is 9.97 Å². The molecule has 0 aromatic carbocycles. The smallest absolute Gasteiger partial charge is 0.186 e. The zero-order valence-electron chi connectivity index (χ0n) is 12.1. The molecule has 1 fully saturated rings. The van der Waals surface area contributed by atoms with E-state index in [2.05, 4.69) is 34.4 Å². The van der Waals surface area contributed by atoms with Crippen LogP contribution in [0.3, 0.4) is 0 Å². The van der Waals surface area contributed by atoms with Crippen molar-refractivity contribution >= 4 is 32.9 Å². The van der Waals surface area contributed by atoms with Gasteiger partial charge in [0.25, 0.3) is 0 Å². The van der Waals surface area contributed by atoms with Gasteiger partial charge in [-0.05, 0) is 33.1 Å². The summed E-state index contributed by atoms with van der Waals surface area (Å²) in [6.07, 6.45) is 3.89. The normalized spacial score (nSPS) is 19.4. The van der Waals surface area contributed by atoms with Crippen LogP contribution in [-0.2, 0) is 0 Å². The molecule has 0 spiro atoms. The lowest BCUT2D eigenvalue weighted by atomic mass is 10.1. The van der Waals surface area contributed by atoms with Crippen molar-refractivity contribution in [3.63, 3.8) is 0 Å². The zero-order valence-corrected chi connectivity index (χ0v) is 13.8. The number of piperidine rings is 1. The lowest BCUT2D eigenvalue weighted by Gasteiger charge is -2.33. The minimum Gasteiger partial charge on any atom is -0.365 e. The van der Waals surface area contributed by atoms with E-state index in [0.29, 0.717) is 6.04 Å². The number of rotatable bonds is 3. The monoisotopic (exact) mass is 308 g/mol. The van der Waals surface area contributed by atoms with Gasteiger partial charge in [-0.25, -0.2) is 9.97 Å². The van der Waals surface area contributed by atoms with Gasteiger partial charge in [-0.3, -0.25) is 0 Å². The Kier molecular flexibility index (Phi) is 3.94. The number of thiazole rings is 2. The van der Waals surface area contributed by atoms with E-state index in [4.69, 9.17) is 4.98 Å². The van der Waals surface area contributed by atoms with E-state index in [1.165, 1.54) is 24.1 Å². The molecule has 6 heteroatoms. The fourth-order valence-corrected chi connectivity index (χ4v) is 4.51. The first-order valence-electron chi connectivity index (χ1n) is 7.06. The van der Waals surface area contributed by atoms with Gasteiger partial charge >= 0.3 is 0 Å². The van der Waals surface area contributed by atoms with E-state index in [1.807, 2.05) is 7.05 Å². The van der Waals surface area contributed by atoms with Crippen LogP contribution in [-0.4, -0.2) is 29.6 Å². The van der Waals surface area contributed by atoms with Crippen molar-refractivity contribution in [3.8, 4) is 10.6 Å². The number of nitrogens with one attached hydrogen (secondary N) is 1. The van der Waals surface area contributed by atoms with Crippen LogP contribution < -0.4 is 10.2 Å². The molecular weight excluding hydrogens is 288 g/mol. The Bertz CT molecular complexity index is 590. The molecule has 108 valence electrons. The maximum absolute atomic E-state index is 4.78. The second-order valence-corrected chi connectivity index (χ2v) is 7.07. The summed E-state index contributed by atoms with van der Waals surface area (Å²) in [5.74, 6) is 0. The SMILES string of the molecule is CNc1nc(-c2sc(N3CCCCC3C)nc2C)cs1. The number of aryl methyl sites for hydroxylation is 1. The Morgan fingerprint density at radius 1 is 1.35 bits per heavy atom. The van der Waals surface area contributed by atoms with Gasteiger partial charge in [-0.2, -0.15) is 0 Å². The van der Waals surface area contributed by atoms with Crippen molar-refractivity contribution in [1.29, 1.82) is 0 Å². The number of hydrogen-bond acceptors (Lipinski definition) is 6. The number of nitrogens with zero attached hydrogens (tertiary/aromatic N) is 3. The molecule has 2 aromatic heterocycles. The Balaban J connectivity index is 1.90. The van der Waals surface area contributed by atoms with Crippen LogP contribution in [0.15, 0.2) is 5.38 Å². The second-order valence-electron chi connectivity index (χ2n) is 5.24. The average Bonchev–Trinajstić information content (AvgIpc) is 3.05. The summed E-state index contributed by atoms with van der Waals surface area (Å²) in [5.41, 5.74) is 2.14. The standard InChI is InChI=1S/C14H20N4S2/c1-9-6-4-5-7-18(9)14-16-10(2)12(20-14)11-8-19-13(15-3)17-11/h8-9H,4-7H2,1-3H3,(H,15,17). The zero-order chi connectivity index (χ0) is 14.1. The largest absolute Gasteiger partial charge is 0.365 e. The first-order valence-corrected chi connectivity index (χ1v) is 8.76. The molecule has 1 aliphatic rings. The summed E-state index contributed by atoms with van der Waals surface area (Å²) < 4.78 is 0. The maximum atomic E-state index is 4.78. The van der Waals surface area contributed by atoms with Crippen LogP contribution in [0.4, 0.5) is 10.3 Å². The van der Waals surface area contributed by atoms with E-state index < -0.39 is 0 Å². The molecule has 0 radical (unpaired) electrons. The van der Waals surface area contributed by atoms with Crippen LogP contribution in [0.2, 0.25) is 0 Å². The molecule has 1 aliphatic heterocycles. The van der Waals surface area contributed by atoms with E-state index in [1.54, 1.807) is 22.7 Å². The van der Waals surface area contributed by atoms with Crippen molar-refractivity contribution in [3.05, 3.63) is 11.1 Å². The Morgan fingerprint density at radius 3 is 2.90 bits per heavy atom. The van der Waals surface area contributed by atoms with Gasteiger partial charge in [-0.15, -0.1) is 11.3 Å². The molecule has 0 saturated carbocycles. The fourth-order valence-electron chi connectivity index (χ4n) is 2.62. The Labute approximate surface area is 127 Å². The van der Waals surface area contributed by atoms with Gasteiger partial charge in [0.1, 0.15) is 0 Å². The van der Waals surface area contributed by atoms with Gasteiger partial charge in [0, 0.05) is 25.0 Å². The Morgan fingerprint density at radius 2 is 2.20 bits per heavy atom. The van der Waals surface area contributed by atoms with Crippen LogP contribution >= 0.6 is 22.7 Å². The molecule has 1 saturated heterocycles. The molecule has 0 aliphatic carbocycles. The van der Waals surface area contributed by atoms with Crippen LogP contribution in [0, 0.1) is 6.92 Å². The highest BCUT2D eigenvalue weighted by molar-refractivity contribution is 7.19. The lowest BCUT2D eigenvalue weighted by molar-refractivity contribution is 0.484. The molecule has 0 amide bonds. The van der Waals surface area contributed by atoms with Crippen molar-refractivity contribution in [2.45, 2.75) is 39.2 Å². The van der Waals surface area contributed by atoms with Crippen molar-refractivity contribution in [2.75, 3.05) is 23.8 Å². The quantitative estimate of drug-likeness (QED) is 0.930.